The fourth-order valence-corrected chi connectivity index (χ4v) is 3.85. The quantitative estimate of drug-likeness (QED) is 0.923. The summed E-state index contributed by atoms with van der Waals surface area (Å²) in [7, 11) is 0. The van der Waals surface area contributed by atoms with Crippen molar-refractivity contribution in [3.05, 3.63) is 29.3 Å². The van der Waals surface area contributed by atoms with Gasteiger partial charge in [0.1, 0.15) is 0 Å². The number of hydrogen-bond acceptors (Lipinski definition) is 3. The molecule has 0 atom stereocenters. The van der Waals surface area contributed by atoms with E-state index >= 15 is 0 Å². The molecule has 0 aromatic heterocycles. The van der Waals surface area contributed by atoms with Crippen LogP contribution in [-0.4, -0.2) is 43.7 Å². The van der Waals surface area contributed by atoms with Crippen LogP contribution in [0.3, 0.4) is 0 Å². The Morgan fingerprint density at radius 3 is 2.23 bits per heavy atom. The van der Waals surface area contributed by atoms with Gasteiger partial charge >= 0.3 is 0 Å². The molecule has 1 aromatic carbocycles. The molecule has 3 rings (SSSR count). The molecule has 1 aliphatic carbocycles. The summed E-state index contributed by atoms with van der Waals surface area (Å²) < 4.78 is 0. The lowest BCUT2D eigenvalue weighted by Crippen LogP contribution is -2.47. The molecule has 1 aromatic rings. The molecular formula is C18H28ClN3. The fraction of sp³-hybridized carbons (Fsp3) is 0.667. The Labute approximate surface area is 139 Å². The van der Waals surface area contributed by atoms with Crippen LogP contribution in [0.1, 0.15) is 32.1 Å². The Morgan fingerprint density at radius 1 is 0.955 bits per heavy atom. The van der Waals surface area contributed by atoms with Crippen LogP contribution in [-0.2, 0) is 0 Å². The van der Waals surface area contributed by atoms with Gasteiger partial charge in [-0.3, -0.25) is 4.90 Å². The molecular weight excluding hydrogens is 294 g/mol. The zero-order chi connectivity index (χ0) is 15.4. The first-order valence-corrected chi connectivity index (χ1v) is 9.07. The van der Waals surface area contributed by atoms with E-state index in [1.54, 1.807) is 0 Å². The third-order valence-electron chi connectivity index (χ3n) is 5.31. The largest absolute Gasteiger partial charge is 0.369 e. The van der Waals surface area contributed by atoms with Gasteiger partial charge in [-0.1, -0.05) is 11.6 Å². The summed E-state index contributed by atoms with van der Waals surface area (Å²) in [5, 5.41) is 0.814. The van der Waals surface area contributed by atoms with Gasteiger partial charge in [-0.05, 0) is 68.8 Å². The highest BCUT2D eigenvalue weighted by Gasteiger charge is 2.21. The lowest BCUT2D eigenvalue weighted by Gasteiger charge is -2.37. The number of anilines is 1. The molecule has 1 aliphatic heterocycles. The third kappa shape index (κ3) is 4.37. The molecule has 1 saturated carbocycles. The van der Waals surface area contributed by atoms with Gasteiger partial charge in [-0.15, -0.1) is 0 Å². The van der Waals surface area contributed by atoms with Gasteiger partial charge in [-0.2, -0.15) is 0 Å². The molecule has 0 amide bonds. The molecule has 22 heavy (non-hydrogen) atoms. The van der Waals surface area contributed by atoms with E-state index in [0.717, 1.165) is 24.0 Å². The molecule has 0 bridgehead atoms. The maximum Gasteiger partial charge on any atom is 0.0407 e. The van der Waals surface area contributed by atoms with Crippen molar-refractivity contribution >= 4 is 17.3 Å². The maximum absolute atomic E-state index is 5.99. The van der Waals surface area contributed by atoms with Crippen LogP contribution in [0.25, 0.3) is 0 Å². The average molecular weight is 322 g/mol. The van der Waals surface area contributed by atoms with Crippen molar-refractivity contribution in [1.29, 1.82) is 0 Å². The summed E-state index contributed by atoms with van der Waals surface area (Å²) in [4.78, 5) is 5.09. The van der Waals surface area contributed by atoms with Gasteiger partial charge in [0.05, 0.1) is 0 Å². The lowest BCUT2D eigenvalue weighted by molar-refractivity contribution is 0.217. The molecule has 2 fully saturated rings. The number of benzene rings is 1. The highest BCUT2D eigenvalue weighted by Crippen LogP contribution is 2.26. The van der Waals surface area contributed by atoms with Gasteiger partial charge in [0.2, 0.25) is 0 Å². The van der Waals surface area contributed by atoms with Crippen LogP contribution in [0.5, 0.6) is 0 Å². The predicted molar refractivity (Wildman–Crippen MR) is 94.7 cm³/mol. The van der Waals surface area contributed by atoms with E-state index in [2.05, 4.69) is 21.9 Å². The van der Waals surface area contributed by atoms with Crippen molar-refractivity contribution in [3.63, 3.8) is 0 Å². The van der Waals surface area contributed by atoms with Gasteiger partial charge < -0.3 is 10.6 Å². The Morgan fingerprint density at radius 2 is 1.59 bits per heavy atom. The number of nitrogens with zero attached hydrogens (tertiary/aromatic N) is 2. The third-order valence-corrected chi connectivity index (χ3v) is 5.56. The standard InChI is InChI=1S/C18H28ClN3/c19-16-3-7-18(8-4-16)22-13-11-21(12-14-22)10-9-15-1-5-17(20)6-2-15/h3-4,7-8,15,17H,1-2,5-6,9-14,20H2. The Hall–Kier alpha value is -0.770. The number of rotatable bonds is 4. The van der Waals surface area contributed by atoms with Crippen LogP contribution >= 0.6 is 11.6 Å². The van der Waals surface area contributed by atoms with Gasteiger partial charge in [0, 0.05) is 42.9 Å². The molecule has 4 heteroatoms. The van der Waals surface area contributed by atoms with E-state index < -0.39 is 0 Å². The predicted octanol–water partition coefficient (Wildman–Crippen LogP) is 3.37. The first-order valence-electron chi connectivity index (χ1n) is 8.69. The van der Waals surface area contributed by atoms with Crippen LogP contribution in [0, 0.1) is 5.92 Å². The summed E-state index contributed by atoms with van der Waals surface area (Å²) in [6.07, 6.45) is 6.50. The van der Waals surface area contributed by atoms with Crippen molar-refractivity contribution in [3.8, 4) is 0 Å². The minimum absolute atomic E-state index is 0.471. The van der Waals surface area contributed by atoms with Gasteiger partial charge in [-0.25, -0.2) is 0 Å². The fourth-order valence-electron chi connectivity index (χ4n) is 3.72. The van der Waals surface area contributed by atoms with Crippen molar-refractivity contribution in [2.45, 2.75) is 38.1 Å². The molecule has 1 saturated heterocycles. The normalized spacial score (nSPS) is 27.1. The SMILES string of the molecule is NC1CCC(CCN2CCN(c3ccc(Cl)cc3)CC2)CC1. The van der Waals surface area contributed by atoms with Crippen LogP contribution < -0.4 is 10.6 Å². The Bertz CT molecular complexity index is 446. The summed E-state index contributed by atoms with van der Waals surface area (Å²) >= 11 is 5.96. The van der Waals surface area contributed by atoms with E-state index in [4.69, 9.17) is 17.3 Å². The Balaban J connectivity index is 1.39. The highest BCUT2D eigenvalue weighted by atomic mass is 35.5. The maximum atomic E-state index is 5.99. The molecule has 3 nitrogen and oxygen atoms in total. The number of hydrogen-bond donors (Lipinski definition) is 1. The minimum atomic E-state index is 0.471. The highest BCUT2D eigenvalue weighted by molar-refractivity contribution is 6.30. The van der Waals surface area contributed by atoms with Crippen molar-refractivity contribution in [2.75, 3.05) is 37.6 Å². The van der Waals surface area contributed by atoms with E-state index in [1.807, 2.05) is 12.1 Å². The average Bonchev–Trinajstić information content (AvgIpc) is 2.56. The second-order valence-corrected chi connectivity index (χ2v) is 7.31. The molecule has 122 valence electrons. The molecule has 0 spiro atoms. The molecule has 0 unspecified atom stereocenters. The molecule has 1 heterocycles. The number of halogens is 1. The molecule has 0 radical (unpaired) electrons. The summed E-state index contributed by atoms with van der Waals surface area (Å²) in [6, 6.07) is 8.69. The van der Waals surface area contributed by atoms with E-state index in [1.165, 1.54) is 57.4 Å². The first kappa shape index (κ1) is 16.1. The van der Waals surface area contributed by atoms with E-state index in [9.17, 15) is 0 Å². The Kier molecular flexibility index (Phi) is 5.61. The van der Waals surface area contributed by atoms with Gasteiger partial charge in [0.15, 0.2) is 0 Å². The number of piperazine rings is 1. The summed E-state index contributed by atoms with van der Waals surface area (Å²) in [6.45, 7) is 5.85. The zero-order valence-electron chi connectivity index (χ0n) is 13.4. The molecule has 2 aliphatic rings. The summed E-state index contributed by atoms with van der Waals surface area (Å²) in [5.41, 5.74) is 7.29. The second-order valence-electron chi connectivity index (χ2n) is 6.87. The van der Waals surface area contributed by atoms with Crippen LogP contribution in [0.2, 0.25) is 5.02 Å². The summed E-state index contributed by atoms with van der Waals surface area (Å²) in [5.74, 6) is 0.911. The topological polar surface area (TPSA) is 32.5 Å². The van der Waals surface area contributed by atoms with Crippen molar-refractivity contribution in [1.82, 2.24) is 4.90 Å². The smallest absolute Gasteiger partial charge is 0.0407 e. The van der Waals surface area contributed by atoms with Crippen LogP contribution in [0.4, 0.5) is 5.69 Å². The van der Waals surface area contributed by atoms with Crippen molar-refractivity contribution < 1.29 is 0 Å². The van der Waals surface area contributed by atoms with Gasteiger partial charge in [0.25, 0.3) is 0 Å². The van der Waals surface area contributed by atoms with Crippen molar-refractivity contribution in [2.24, 2.45) is 11.7 Å². The second kappa shape index (κ2) is 7.67. The van der Waals surface area contributed by atoms with E-state index in [-0.39, 0.29) is 0 Å². The monoisotopic (exact) mass is 321 g/mol. The number of nitrogens with two attached hydrogens (primary N) is 1. The molecule has 2 N–H and O–H groups in total. The van der Waals surface area contributed by atoms with Crippen LogP contribution in [0.15, 0.2) is 24.3 Å². The minimum Gasteiger partial charge on any atom is -0.369 e. The van der Waals surface area contributed by atoms with E-state index in [0.29, 0.717) is 6.04 Å². The lowest BCUT2D eigenvalue weighted by atomic mass is 9.84. The zero-order valence-corrected chi connectivity index (χ0v) is 14.1. The first-order chi connectivity index (χ1) is 10.7.